The fourth-order valence-corrected chi connectivity index (χ4v) is 2.38. The number of halogens is 1. The molecule has 3 nitrogen and oxygen atoms in total. The molecule has 92 valence electrons. The first-order valence-electron chi connectivity index (χ1n) is 6.07. The maximum atomic E-state index is 12.0. The van der Waals surface area contributed by atoms with Gasteiger partial charge in [-0.2, -0.15) is 0 Å². The van der Waals surface area contributed by atoms with Crippen LogP contribution in [0.3, 0.4) is 0 Å². The van der Waals surface area contributed by atoms with E-state index >= 15 is 0 Å². The van der Waals surface area contributed by atoms with Crippen molar-refractivity contribution < 1.29 is 4.79 Å². The van der Waals surface area contributed by atoms with Gasteiger partial charge in [0.1, 0.15) is 5.82 Å². The van der Waals surface area contributed by atoms with Crippen molar-refractivity contribution in [2.45, 2.75) is 32.6 Å². The molecule has 1 amide bonds. The van der Waals surface area contributed by atoms with Crippen LogP contribution in [0.25, 0.3) is 0 Å². The summed E-state index contributed by atoms with van der Waals surface area (Å²) >= 11 is 5.84. The number of aromatic nitrogens is 1. The van der Waals surface area contributed by atoms with E-state index in [4.69, 9.17) is 11.6 Å². The predicted molar refractivity (Wildman–Crippen MR) is 69.0 cm³/mol. The van der Waals surface area contributed by atoms with Crippen LogP contribution in [0.15, 0.2) is 18.3 Å². The first kappa shape index (κ1) is 12.4. The van der Waals surface area contributed by atoms with E-state index in [0.717, 1.165) is 31.6 Å². The van der Waals surface area contributed by atoms with Gasteiger partial charge in [-0.25, -0.2) is 4.98 Å². The Morgan fingerprint density at radius 3 is 2.76 bits per heavy atom. The zero-order chi connectivity index (χ0) is 12.3. The number of hydrogen-bond acceptors (Lipinski definition) is 2. The Hall–Kier alpha value is -1.09. The van der Waals surface area contributed by atoms with E-state index in [1.165, 1.54) is 0 Å². The molecule has 0 atom stereocenters. The number of nitrogens with zero attached hydrogens (tertiary/aromatic N) is 1. The highest BCUT2D eigenvalue weighted by Gasteiger charge is 2.24. The minimum Gasteiger partial charge on any atom is -0.310 e. The van der Waals surface area contributed by atoms with Crippen LogP contribution in [0.2, 0.25) is 5.02 Å². The van der Waals surface area contributed by atoms with Gasteiger partial charge < -0.3 is 5.32 Å². The monoisotopic (exact) mass is 252 g/mol. The molecule has 4 heteroatoms. The van der Waals surface area contributed by atoms with Crippen molar-refractivity contribution >= 4 is 23.3 Å². The fourth-order valence-electron chi connectivity index (χ4n) is 2.22. The van der Waals surface area contributed by atoms with Crippen LogP contribution in [0, 0.1) is 11.8 Å². The first-order chi connectivity index (χ1) is 8.15. The van der Waals surface area contributed by atoms with Gasteiger partial charge in [0.2, 0.25) is 5.91 Å². The topological polar surface area (TPSA) is 42.0 Å². The molecule has 1 aliphatic rings. The molecule has 1 heterocycles. The molecule has 0 unspecified atom stereocenters. The third-order valence-electron chi connectivity index (χ3n) is 3.36. The number of carbonyl (C=O) groups excluding carboxylic acids is 1. The van der Waals surface area contributed by atoms with Gasteiger partial charge in [0, 0.05) is 17.1 Å². The molecule has 0 bridgehead atoms. The first-order valence-corrected chi connectivity index (χ1v) is 6.45. The molecule has 0 radical (unpaired) electrons. The summed E-state index contributed by atoms with van der Waals surface area (Å²) in [5.41, 5.74) is 0. The Kier molecular flexibility index (Phi) is 4.00. The summed E-state index contributed by atoms with van der Waals surface area (Å²) in [5, 5.41) is 3.42. The van der Waals surface area contributed by atoms with Gasteiger partial charge in [-0.1, -0.05) is 18.5 Å². The van der Waals surface area contributed by atoms with E-state index < -0.39 is 0 Å². The third kappa shape index (κ3) is 3.43. The zero-order valence-electron chi connectivity index (χ0n) is 9.95. The van der Waals surface area contributed by atoms with Crippen LogP contribution in [0.5, 0.6) is 0 Å². The van der Waals surface area contributed by atoms with E-state index in [1.807, 2.05) is 0 Å². The second-order valence-corrected chi connectivity index (χ2v) is 5.24. The predicted octanol–water partition coefficient (Wildman–Crippen LogP) is 3.50. The zero-order valence-corrected chi connectivity index (χ0v) is 10.7. The molecule has 1 fully saturated rings. The molecular weight excluding hydrogens is 236 g/mol. The third-order valence-corrected chi connectivity index (χ3v) is 3.59. The lowest BCUT2D eigenvalue weighted by atomic mass is 9.82. The Morgan fingerprint density at radius 2 is 2.12 bits per heavy atom. The van der Waals surface area contributed by atoms with E-state index in [0.29, 0.717) is 10.8 Å². The van der Waals surface area contributed by atoms with Gasteiger partial charge >= 0.3 is 0 Å². The molecule has 0 saturated heterocycles. The average molecular weight is 253 g/mol. The Bertz CT molecular complexity index is 400. The van der Waals surface area contributed by atoms with E-state index in [-0.39, 0.29) is 11.8 Å². The standard InChI is InChI=1S/C13H17ClN2O/c1-9-2-4-10(5-3-9)13(17)16-12-8-11(14)6-7-15-12/h6-10H,2-5H2,1H3,(H,15,16,17). The molecule has 1 aliphatic carbocycles. The van der Waals surface area contributed by atoms with Crippen molar-refractivity contribution in [3.63, 3.8) is 0 Å². The van der Waals surface area contributed by atoms with Gasteiger partial charge in [-0.15, -0.1) is 0 Å². The van der Waals surface area contributed by atoms with Crippen molar-refractivity contribution in [2.24, 2.45) is 11.8 Å². The summed E-state index contributed by atoms with van der Waals surface area (Å²) < 4.78 is 0. The van der Waals surface area contributed by atoms with Crippen LogP contribution in [-0.4, -0.2) is 10.9 Å². The lowest BCUT2D eigenvalue weighted by molar-refractivity contribution is -0.121. The Balaban J connectivity index is 1.93. The van der Waals surface area contributed by atoms with Crippen molar-refractivity contribution in [1.29, 1.82) is 0 Å². The maximum Gasteiger partial charge on any atom is 0.228 e. The van der Waals surface area contributed by atoms with E-state index in [9.17, 15) is 4.79 Å². The second-order valence-electron chi connectivity index (χ2n) is 4.81. The summed E-state index contributed by atoms with van der Waals surface area (Å²) in [6.07, 6.45) is 5.84. The Labute approximate surface area is 107 Å². The minimum absolute atomic E-state index is 0.0756. The molecular formula is C13H17ClN2O. The number of amides is 1. The van der Waals surface area contributed by atoms with Crippen molar-refractivity contribution in [3.8, 4) is 0 Å². The van der Waals surface area contributed by atoms with Crippen LogP contribution in [-0.2, 0) is 4.79 Å². The normalized spacial score (nSPS) is 24.4. The smallest absolute Gasteiger partial charge is 0.228 e. The number of nitrogens with one attached hydrogen (secondary N) is 1. The fraction of sp³-hybridized carbons (Fsp3) is 0.538. The van der Waals surface area contributed by atoms with Crippen molar-refractivity contribution in [1.82, 2.24) is 4.98 Å². The molecule has 1 saturated carbocycles. The van der Waals surface area contributed by atoms with Crippen molar-refractivity contribution in [3.05, 3.63) is 23.4 Å². The minimum atomic E-state index is 0.0756. The lowest BCUT2D eigenvalue weighted by Gasteiger charge is -2.25. The van der Waals surface area contributed by atoms with Gasteiger partial charge in [-0.05, 0) is 43.7 Å². The summed E-state index contributed by atoms with van der Waals surface area (Å²) in [5.74, 6) is 1.50. The van der Waals surface area contributed by atoms with Crippen LogP contribution in [0.4, 0.5) is 5.82 Å². The Morgan fingerprint density at radius 1 is 1.41 bits per heavy atom. The summed E-state index contributed by atoms with van der Waals surface area (Å²) in [7, 11) is 0. The van der Waals surface area contributed by atoms with Gasteiger partial charge in [0.05, 0.1) is 0 Å². The summed E-state index contributed by atoms with van der Waals surface area (Å²) in [6.45, 7) is 2.24. The van der Waals surface area contributed by atoms with Crippen LogP contribution < -0.4 is 5.32 Å². The quantitative estimate of drug-likeness (QED) is 0.875. The summed E-state index contributed by atoms with van der Waals surface area (Å²) in [4.78, 5) is 16.1. The molecule has 0 spiro atoms. The number of rotatable bonds is 2. The number of carbonyl (C=O) groups is 1. The molecule has 1 aromatic heterocycles. The van der Waals surface area contributed by atoms with Gasteiger partial charge in [-0.3, -0.25) is 4.79 Å². The van der Waals surface area contributed by atoms with Crippen LogP contribution >= 0.6 is 11.6 Å². The highest BCUT2D eigenvalue weighted by Crippen LogP contribution is 2.29. The number of hydrogen-bond donors (Lipinski definition) is 1. The van der Waals surface area contributed by atoms with Gasteiger partial charge in [0.25, 0.3) is 0 Å². The second kappa shape index (κ2) is 5.50. The largest absolute Gasteiger partial charge is 0.310 e. The van der Waals surface area contributed by atoms with E-state index in [2.05, 4.69) is 17.2 Å². The molecule has 2 rings (SSSR count). The number of anilines is 1. The lowest BCUT2D eigenvalue weighted by Crippen LogP contribution is -2.26. The van der Waals surface area contributed by atoms with Crippen LogP contribution in [0.1, 0.15) is 32.6 Å². The molecule has 17 heavy (non-hydrogen) atoms. The molecule has 1 N–H and O–H groups in total. The number of pyridine rings is 1. The maximum absolute atomic E-state index is 12.0. The molecule has 0 aromatic carbocycles. The van der Waals surface area contributed by atoms with Crippen molar-refractivity contribution in [2.75, 3.05) is 5.32 Å². The highest BCUT2D eigenvalue weighted by atomic mass is 35.5. The molecule has 0 aliphatic heterocycles. The van der Waals surface area contributed by atoms with E-state index in [1.54, 1.807) is 18.3 Å². The highest BCUT2D eigenvalue weighted by molar-refractivity contribution is 6.30. The SMILES string of the molecule is CC1CCC(C(=O)Nc2cc(Cl)ccn2)CC1. The van der Waals surface area contributed by atoms with Gasteiger partial charge in [0.15, 0.2) is 0 Å². The summed E-state index contributed by atoms with van der Waals surface area (Å²) in [6, 6.07) is 3.37. The average Bonchev–Trinajstić information content (AvgIpc) is 2.29. The molecule has 1 aromatic rings.